The Labute approximate surface area is 81.9 Å². The van der Waals surface area contributed by atoms with Crippen LogP contribution in [0.2, 0.25) is 0 Å². The lowest BCUT2D eigenvalue weighted by Gasteiger charge is -2.48. The third-order valence-corrected chi connectivity index (χ3v) is 3.98. The summed E-state index contributed by atoms with van der Waals surface area (Å²) in [6, 6.07) is 2.41. The summed E-state index contributed by atoms with van der Waals surface area (Å²) in [4.78, 5) is 5.22. The van der Waals surface area contributed by atoms with E-state index in [0.717, 1.165) is 18.1 Å². The molecule has 2 aliphatic rings. The van der Waals surface area contributed by atoms with E-state index in [9.17, 15) is 0 Å². The first-order valence-corrected chi connectivity index (χ1v) is 5.64. The van der Waals surface area contributed by atoms with E-state index in [4.69, 9.17) is 0 Å². The number of nitrogens with zero attached hydrogens (tertiary/aromatic N) is 2. The van der Waals surface area contributed by atoms with E-state index < -0.39 is 0 Å². The van der Waals surface area contributed by atoms with Crippen molar-refractivity contribution in [1.29, 1.82) is 0 Å². The molecule has 76 valence electrons. The second-order valence-corrected chi connectivity index (χ2v) is 4.90. The highest BCUT2D eigenvalue weighted by molar-refractivity contribution is 4.89. The average molecular weight is 182 g/mol. The normalized spacial score (nSPS) is 39.0. The quantitative estimate of drug-likeness (QED) is 0.607. The maximum atomic E-state index is 2.71. The van der Waals surface area contributed by atoms with E-state index in [1.165, 1.54) is 32.4 Å². The third-order valence-electron chi connectivity index (χ3n) is 3.98. The molecule has 2 fully saturated rings. The molecule has 13 heavy (non-hydrogen) atoms. The van der Waals surface area contributed by atoms with Crippen molar-refractivity contribution in [3.63, 3.8) is 0 Å². The second-order valence-electron chi connectivity index (χ2n) is 4.90. The topological polar surface area (TPSA) is 6.48 Å². The molecule has 0 spiro atoms. The van der Waals surface area contributed by atoms with Crippen LogP contribution >= 0.6 is 0 Å². The van der Waals surface area contributed by atoms with Gasteiger partial charge in [0.05, 0.1) is 0 Å². The van der Waals surface area contributed by atoms with E-state index in [0.29, 0.717) is 0 Å². The number of piperazine rings is 1. The molecule has 0 amide bonds. The molecule has 0 aromatic rings. The Hall–Kier alpha value is -0.0800. The molecule has 1 heterocycles. The molecule has 1 aliphatic heterocycles. The molecule has 1 aliphatic carbocycles. The van der Waals surface area contributed by atoms with Gasteiger partial charge in [-0.15, -0.1) is 0 Å². The van der Waals surface area contributed by atoms with Crippen LogP contribution in [-0.4, -0.2) is 48.1 Å². The number of likely N-dealkylation sites (N-methyl/N-ethyl adjacent to an activating group) is 1. The maximum absolute atomic E-state index is 2.71. The molecule has 0 N–H and O–H groups in total. The summed E-state index contributed by atoms with van der Waals surface area (Å²) in [5.74, 6) is 0. The van der Waals surface area contributed by atoms with Crippen LogP contribution in [-0.2, 0) is 0 Å². The molecule has 2 rings (SSSR count). The van der Waals surface area contributed by atoms with Crippen LogP contribution in [0.4, 0.5) is 0 Å². The average Bonchev–Trinajstić information content (AvgIpc) is 1.96. The Morgan fingerprint density at radius 3 is 1.92 bits per heavy atom. The summed E-state index contributed by atoms with van der Waals surface area (Å²) in [7, 11) is 2.26. The van der Waals surface area contributed by atoms with Gasteiger partial charge in [0.25, 0.3) is 0 Å². The van der Waals surface area contributed by atoms with Gasteiger partial charge >= 0.3 is 0 Å². The fraction of sp³-hybridized carbons (Fsp3) is 1.00. The van der Waals surface area contributed by atoms with Crippen molar-refractivity contribution in [2.45, 2.75) is 51.2 Å². The monoisotopic (exact) mass is 182 g/mol. The van der Waals surface area contributed by atoms with Gasteiger partial charge in [-0.25, -0.2) is 0 Å². The highest BCUT2D eigenvalue weighted by Gasteiger charge is 2.32. The summed E-state index contributed by atoms with van der Waals surface area (Å²) in [5, 5.41) is 0. The first-order chi connectivity index (χ1) is 6.18. The molecule has 0 aromatic carbocycles. The summed E-state index contributed by atoms with van der Waals surface area (Å²) >= 11 is 0. The molecule has 2 heteroatoms. The van der Waals surface area contributed by atoms with E-state index in [1.54, 1.807) is 0 Å². The minimum absolute atomic E-state index is 0.740. The zero-order valence-electron chi connectivity index (χ0n) is 9.16. The highest BCUT2D eigenvalue weighted by atomic mass is 15.3. The SMILES string of the molecule is C[C@@H]1CN(C2CCC2)C[C@H](C)N1C. The van der Waals surface area contributed by atoms with Crippen LogP contribution in [0.5, 0.6) is 0 Å². The van der Waals surface area contributed by atoms with Gasteiger partial charge in [-0.05, 0) is 33.7 Å². The van der Waals surface area contributed by atoms with Crippen LogP contribution in [0.3, 0.4) is 0 Å². The predicted octanol–water partition coefficient (Wildman–Crippen LogP) is 1.56. The smallest absolute Gasteiger partial charge is 0.0195 e. The van der Waals surface area contributed by atoms with Gasteiger partial charge in [-0.3, -0.25) is 9.80 Å². The van der Waals surface area contributed by atoms with Crippen molar-refractivity contribution in [2.75, 3.05) is 20.1 Å². The lowest BCUT2D eigenvalue weighted by Crippen LogP contribution is -2.58. The van der Waals surface area contributed by atoms with Gasteiger partial charge in [-0.1, -0.05) is 6.42 Å². The Morgan fingerprint density at radius 2 is 1.54 bits per heavy atom. The Morgan fingerprint density at radius 1 is 1.00 bits per heavy atom. The van der Waals surface area contributed by atoms with Crippen molar-refractivity contribution >= 4 is 0 Å². The van der Waals surface area contributed by atoms with Gasteiger partial charge < -0.3 is 0 Å². The number of hydrogen-bond donors (Lipinski definition) is 0. The second kappa shape index (κ2) is 3.58. The highest BCUT2D eigenvalue weighted by Crippen LogP contribution is 2.27. The number of rotatable bonds is 1. The lowest BCUT2D eigenvalue weighted by atomic mass is 9.90. The molecule has 1 saturated carbocycles. The molecule has 2 atom stereocenters. The Bertz CT molecular complexity index is 165. The fourth-order valence-corrected chi connectivity index (χ4v) is 2.50. The molecule has 1 saturated heterocycles. The number of hydrogen-bond acceptors (Lipinski definition) is 2. The summed E-state index contributed by atoms with van der Waals surface area (Å²) < 4.78 is 0. The minimum Gasteiger partial charge on any atom is -0.298 e. The Kier molecular flexibility index (Phi) is 2.61. The molecule has 0 aromatic heterocycles. The fourth-order valence-electron chi connectivity index (χ4n) is 2.50. The van der Waals surface area contributed by atoms with Crippen LogP contribution in [0.15, 0.2) is 0 Å². The van der Waals surface area contributed by atoms with E-state index >= 15 is 0 Å². The predicted molar refractivity (Wildman–Crippen MR) is 55.9 cm³/mol. The van der Waals surface area contributed by atoms with Crippen molar-refractivity contribution in [3.8, 4) is 0 Å². The Balaban J connectivity index is 1.92. The standard InChI is InChI=1S/C11H22N2/c1-9-7-13(11-5-4-6-11)8-10(2)12(9)3/h9-11H,4-8H2,1-3H3/t9-,10+. The summed E-state index contributed by atoms with van der Waals surface area (Å²) in [5.41, 5.74) is 0. The van der Waals surface area contributed by atoms with Gasteiger partial charge in [0.2, 0.25) is 0 Å². The van der Waals surface area contributed by atoms with Crippen molar-refractivity contribution in [3.05, 3.63) is 0 Å². The van der Waals surface area contributed by atoms with Crippen LogP contribution in [0.25, 0.3) is 0 Å². The van der Waals surface area contributed by atoms with E-state index in [-0.39, 0.29) is 0 Å². The van der Waals surface area contributed by atoms with Gasteiger partial charge in [0, 0.05) is 31.2 Å². The first kappa shape index (κ1) is 9.47. The van der Waals surface area contributed by atoms with Crippen molar-refractivity contribution < 1.29 is 0 Å². The lowest BCUT2D eigenvalue weighted by molar-refractivity contribution is 0.0111. The zero-order chi connectivity index (χ0) is 9.42. The largest absolute Gasteiger partial charge is 0.298 e. The van der Waals surface area contributed by atoms with Crippen LogP contribution in [0, 0.1) is 0 Å². The molecular weight excluding hydrogens is 160 g/mol. The van der Waals surface area contributed by atoms with E-state index in [2.05, 4.69) is 30.7 Å². The van der Waals surface area contributed by atoms with Crippen LogP contribution in [0.1, 0.15) is 33.1 Å². The zero-order valence-corrected chi connectivity index (χ0v) is 9.16. The van der Waals surface area contributed by atoms with Gasteiger partial charge in [0.1, 0.15) is 0 Å². The van der Waals surface area contributed by atoms with Crippen molar-refractivity contribution in [2.24, 2.45) is 0 Å². The molecule has 0 bridgehead atoms. The minimum atomic E-state index is 0.740. The molecule has 2 nitrogen and oxygen atoms in total. The van der Waals surface area contributed by atoms with Crippen molar-refractivity contribution in [1.82, 2.24) is 9.80 Å². The van der Waals surface area contributed by atoms with E-state index in [1.807, 2.05) is 0 Å². The molecule has 0 radical (unpaired) electrons. The maximum Gasteiger partial charge on any atom is 0.0195 e. The molecular formula is C11H22N2. The summed E-state index contributed by atoms with van der Waals surface area (Å²) in [6.07, 6.45) is 4.35. The third kappa shape index (κ3) is 1.75. The van der Waals surface area contributed by atoms with Crippen LogP contribution < -0.4 is 0 Å². The first-order valence-electron chi connectivity index (χ1n) is 5.64. The summed E-state index contributed by atoms with van der Waals surface area (Å²) in [6.45, 7) is 7.26. The van der Waals surface area contributed by atoms with Gasteiger partial charge in [-0.2, -0.15) is 0 Å². The molecule has 0 unspecified atom stereocenters. The van der Waals surface area contributed by atoms with Gasteiger partial charge in [0.15, 0.2) is 0 Å².